The predicted octanol–water partition coefficient (Wildman–Crippen LogP) is 0.765. The Balaban J connectivity index is 1.90. The first kappa shape index (κ1) is 14.7. The highest BCUT2D eigenvalue weighted by Gasteiger charge is 2.30. The number of rotatable bonds is 3. The van der Waals surface area contributed by atoms with Crippen LogP contribution in [-0.2, 0) is 16.0 Å². The summed E-state index contributed by atoms with van der Waals surface area (Å²) in [6.07, 6.45) is -0.554. The number of hydrogen-bond donors (Lipinski definition) is 2. The monoisotopic (exact) mass is 279 g/mol. The molecule has 0 fully saturated rings. The Kier molecular flexibility index (Phi) is 4.20. The third kappa shape index (κ3) is 3.65. The van der Waals surface area contributed by atoms with Crippen molar-refractivity contribution in [2.45, 2.75) is 33.0 Å². The molecular formula is C13H18BNO5. The molecule has 1 aromatic rings. The van der Waals surface area contributed by atoms with E-state index in [9.17, 15) is 9.82 Å². The average molecular weight is 279 g/mol. The molecule has 6 nitrogen and oxygen atoms in total. The van der Waals surface area contributed by atoms with Crippen LogP contribution in [0.25, 0.3) is 0 Å². The standard InChI is InChI=1S/C13H18BNO5/c1-13(2,3)20-12(16)15-8-18-10-6-4-5-9-7-19-14(17)11(9)10/h4-6,17H,7-8H2,1-3H3,(H,15,16). The topological polar surface area (TPSA) is 77.0 Å². The molecule has 108 valence electrons. The summed E-state index contributed by atoms with van der Waals surface area (Å²) < 4.78 is 15.7. The van der Waals surface area contributed by atoms with E-state index in [1.165, 1.54) is 0 Å². The normalized spacial score (nSPS) is 13.9. The van der Waals surface area contributed by atoms with Gasteiger partial charge in [0.25, 0.3) is 0 Å². The molecule has 0 saturated heterocycles. The quantitative estimate of drug-likeness (QED) is 0.631. The number of amides is 1. The van der Waals surface area contributed by atoms with Gasteiger partial charge in [-0.3, -0.25) is 5.32 Å². The minimum atomic E-state index is -0.984. The zero-order chi connectivity index (χ0) is 14.8. The number of ether oxygens (including phenoxy) is 2. The minimum absolute atomic E-state index is 0.0436. The molecule has 20 heavy (non-hydrogen) atoms. The van der Waals surface area contributed by atoms with Gasteiger partial charge in [-0.1, -0.05) is 12.1 Å². The lowest BCUT2D eigenvalue weighted by Crippen LogP contribution is -2.36. The Hall–Kier alpha value is -1.73. The lowest BCUT2D eigenvalue weighted by molar-refractivity contribution is 0.0486. The van der Waals surface area contributed by atoms with E-state index in [-0.39, 0.29) is 6.73 Å². The van der Waals surface area contributed by atoms with E-state index in [4.69, 9.17) is 14.1 Å². The van der Waals surface area contributed by atoms with Gasteiger partial charge in [0.05, 0.1) is 6.61 Å². The van der Waals surface area contributed by atoms with E-state index in [1.807, 2.05) is 12.1 Å². The maximum atomic E-state index is 11.5. The van der Waals surface area contributed by atoms with Gasteiger partial charge in [0.2, 0.25) is 0 Å². The molecule has 0 aromatic heterocycles. The Morgan fingerprint density at radius 2 is 2.25 bits per heavy atom. The molecule has 0 atom stereocenters. The first-order chi connectivity index (χ1) is 9.37. The molecule has 2 N–H and O–H groups in total. The van der Waals surface area contributed by atoms with Gasteiger partial charge in [-0.2, -0.15) is 0 Å². The molecule has 7 heteroatoms. The summed E-state index contributed by atoms with van der Waals surface area (Å²) in [5.41, 5.74) is 0.938. The van der Waals surface area contributed by atoms with Gasteiger partial charge >= 0.3 is 13.2 Å². The molecule has 0 bridgehead atoms. The average Bonchev–Trinajstić information content (AvgIpc) is 2.70. The van der Waals surface area contributed by atoms with Crippen molar-refractivity contribution in [2.75, 3.05) is 6.73 Å². The van der Waals surface area contributed by atoms with E-state index >= 15 is 0 Å². The van der Waals surface area contributed by atoms with Crippen molar-refractivity contribution >= 4 is 18.7 Å². The van der Waals surface area contributed by atoms with Crippen LogP contribution in [-0.4, -0.2) is 30.6 Å². The molecular weight excluding hydrogens is 261 g/mol. The second-order valence-electron chi connectivity index (χ2n) is 5.46. The Labute approximate surface area is 118 Å². The molecule has 0 unspecified atom stereocenters. The van der Waals surface area contributed by atoms with Crippen molar-refractivity contribution in [3.8, 4) is 5.75 Å². The van der Waals surface area contributed by atoms with Crippen molar-refractivity contribution in [2.24, 2.45) is 0 Å². The van der Waals surface area contributed by atoms with Crippen LogP contribution >= 0.6 is 0 Å². The van der Waals surface area contributed by atoms with Crippen LogP contribution in [0.4, 0.5) is 4.79 Å². The predicted molar refractivity (Wildman–Crippen MR) is 73.7 cm³/mol. The summed E-state index contributed by atoms with van der Waals surface area (Å²) in [5.74, 6) is 0.489. The summed E-state index contributed by atoms with van der Waals surface area (Å²) in [7, 11) is -0.984. The third-order valence-corrected chi connectivity index (χ3v) is 2.64. The van der Waals surface area contributed by atoms with E-state index in [0.29, 0.717) is 17.8 Å². The number of fused-ring (bicyclic) bond motifs is 1. The van der Waals surface area contributed by atoms with Gasteiger partial charge in [-0.15, -0.1) is 0 Å². The van der Waals surface area contributed by atoms with Crippen LogP contribution in [0.5, 0.6) is 5.75 Å². The van der Waals surface area contributed by atoms with Crippen molar-refractivity contribution in [3.05, 3.63) is 23.8 Å². The van der Waals surface area contributed by atoms with E-state index in [2.05, 4.69) is 5.32 Å². The van der Waals surface area contributed by atoms with Crippen molar-refractivity contribution in [1.29, 1.82) is 0 Å². The van der Waals surface area contributed by atoms with Gasteiger partial charge in [0.15, 0.2) is 6.73 Å². The maximum Gasteiger partial charge on any atom is 0.495 e. The SMILES string of the molecule is CC(C)(C)OC(=O)NCOc1cccc2c1B(O)OC2. The van der Waals surface area contributed by atoms with Crippen LogP contribution < -0.4 is 15.5 Å². The first-order valence-corrected chi connectivity index (χ1v) is 6.38. The number of nitrogens with one attached hydrogen (secondary N) is 1. The maximum absolute atomic E-state index is 11.5. The molecule has 0 aliphatic carbocycles. The Bertz CT molecular complexity index is 500. The number of benzene rings is 1. The first-order valence-electron chi connectivity index (χ1n) is 6.38. The Morgan fingerprint density at radius 1 is 1.50 bits per heavy atom. The van der Waals surface area contributed by atoms with Crippen LogP contribution in [0, 0.1) is 0 Å². The summed E-state index contributed by atoms with van der Waals surface area (Å²) in [4.78, 5) is 11.5. The molecule has 1 heterocycles. The van der Waals surface area contributed by atoms with Crippen LogP contribution in [0.15, 0.2) is 18.2 Å². The second-order valence-corrected chi connectivity index (χ2v) is 5.46. The lowest BCUT2D eigenvalue weighted by Gasteiger charge is -2.20. The van der Waals surface area contributed by atoms with Crippen molar-refractivity contribution in [3.63, 3.8) is 0 Å². The van der Waals surface area contributed by atoms with Gasteiger partial charge in [0.1, 0.15) is 11.4 Å². The van der Waals surface area contributed by atoms with Gasteiger partial charge in [0, 0.05) is 5.46 Å². The summed E-state index contributed by atoms with van der Waals surface area (Å²) in [6, 6.07) is 5.39. The fraction of sp³-hybridized carbons (Fsp3) is 0.462. The fourth-order valence-corrected chi connectivity index (χ4v) is 1.86. The molecule has 1 amide bonds. The van der Waals surface area contributed by atoms with Gasteiger partial charge < -0.3 is 19.2 Å². The molecule has 0 spiro atoms. The summed E-state index contributed by atoms with van der Waals surface area (Å²) in [6.45, 7) is 5.66. The molecule has 1 aliphatic heterocycles. The van der Waals surface area contributed by atoms with Gasteiger partial charge in [-0.05, 0) is 32.4 Å². The smallest absolute Gasteiger partial charge is 0.473 e. The second kappa shape index (κ2) is 5.72. The highest BCUT2D eigenvalue weighted by atomic mass is 16.6. The fourth-order valence-electron chi connectivity index (χ4n) is 1.86. The number of alkyl carbamates (subject to hydrolysis) is 1. The van der Waals surface area contributed by atoms with Crippen molar-refractivity contribution < 1.29 is 23.9 Å². The van der Waals surface area contributed by atoms with E-state index in [0.717, 1.165) is 5.56 Å². The molecule has 0 radical (unpaired) electrons. The van der Waals surface area contributed by atoms with Crippen LogP contribution in [0.2, 0.25) is 0 Å². The van der Waals surface area contributed by atoms with Crippen molar-refractivity contribution in [1.82, 2.24) is 5.32 Å². The molecule has 2 rings (SSSR count). The summed E-state index contributed by atoms with van der Waals surface area (Å²) >= 11 is 0. The van der Waals surface area contributed by atoms with E-state index < -0.39 is 18.8 Å². The molecule has 0 saturated carbocycles. The third-order valence-electron chi connectivity index (χ3n) is 2.64. The number of carbonyl (C=O) groups excluding carboxylic acids is 1. The zero-order valence-corrected chi connectivity index (χ0v) is 11.8. The van der Waals surface area contributed by atoms with Gasteiger partial charge in [-0.25, -0.2) is 4.79 Å². The molecule has 1 aromatic carbocycles. The van der Waals surface area contributed by atoms with Crippen LogP contribution in [0.1, 0.15) is 26.3 Å². The largest absolute Gasteiger partial charge is 0.495 e. The Morgan fingerprint density at radius 3 is 2.95 bits per heavy atom. The minimum Gasteiger partial charge on any atom is -0.473 e. The number of hydrogen-bond acceptors (Lipinski definition) is 5. The number of carbonyl (C=O) groups is 1. The highest BCUT2D eigenvalue weighted by Crippen LogP contribution is 2.17. The highest BCUT2D eigenvalue weighted by molar-refractivity contribution is 6.62. The molecule has 1 aliphatic rings. The van der Waals surface area contributed by atoms with Crippen LogP contribution in [0.3, 0.4) is 0 Å². The van der Waals surface area contributed by atoms with E-state index in [1.54, 1.807) is 26.8 Å². The summed E-state index contributed by atoms with van der Waals surface area (Å²) in [5, 5.41) is 12.2. The zero-order valence-electron chi connectivity index (χ0n) is 11.8. The lowest BCUT2D eigenvalue weighted by atomic mass is 9.79.